The van der Waals surface area contributed by atoms with Crippen LogP contribution in [0.2, 0.25) is 5.02 Å². The fourth-order valence-electron chi connectivity index (χ4n) is 3.84. The first kappa shape index (κ1) is 30.9. The zero-order valence-corrected chi connectivity index (χ0v) is 23.9. The molecule has 6 nitrogen and oxygen atoms in total. The Labute approximate surface area is 242 Å². The smallest absolute Gasteiger partial charge is 0.406 e. The zero-order valence-electron chi connectivity index (χ0n) is 22.4. The number of unbranched alkanes of at least 4 members (excludes halogenated alkanes) is 1. The van der Waals surface area contributed by atoms with E-state index in [9.17, 15) is 13.2 Å². The maximum Gasteiger partial charge on any atom is 0.573 e. The monoisotopic (exact) mass is 589 g/mol. The van der Waals surface area contributed by atoms with Gasteiger partial charge in [0.25, 0.3) is 0 Å². The van der Waals surface area contributed by atoms with Crippen LogP contribution in [0.3, 0.4) is 0 Å². The van der Waals surface area contributed by atoms with Crippen molar-refractivity contribution in [2.45, 2.75) is 52.3 Å². The predicted molar refractivity (Wildman–Crippen MR) is 158 cm³/mol. The van der Waals surface area contributed by atoms with E-state index < -0.39 is 6.36 Å². The molecule has 0 unspecified atom stereocenters. The second kappa shape index (κ2) is 14.1. The molecule has 11 heteroatoms. The van der Waals surface area contributed by atoms with Crippen molar-refractivity contribution in [3.05, 3.63) is 89.2 Å². The lowest BCUT2D eigenvalue weighted by Crippen LogP contribution is -2.20. The highest BCUT2D eigenvalue weighted by Gasteiger charge is 2.31. The summed E-state index contributed by atoms with van der Waals surface area (Å²) in [4.78, 5) is 4.31. The van der Waals surface area contributed by atoms with Gasteiger partial charge < -0.3 is 15.8 Å². The fourth-order valence-corrected chi connectivity index (χ4v) is 4.12. The SMILES string of the molecule is CC(C)c1ccc(Cl)cc1NC(N)=S.CCCCc1cccc(-c2ncn(-c3ccc(OC(F)(F)F)cc3)n2)c1. The first-order valence-corrected chi connectivity index (χ1v) is 13.5. The van der Waals surface area contributed by atoms with Crippen LogP contribution in [-0.2, 0) is 6.42 Å². The molecule has 0 aliphatic heterocycles. The van der Waals surface area contributed by atoms with Gasteiger partial charge in [-0.15, -0.1) is 18.3 Å². The van der Waals surface area contributed by atoms with E-state index in [0.29, 0.717) is 22.5 Å². The molecule has 0 saturated heterocycles. The van der Waals surface area contributed by atoms with E-state index in [0.717, 1.165) is 36.1 Å². The number of alkyl halides is 3. The van der Waals surface area contributed by atoms with Crippen LogP contribution in [-0.4, -0.2) is 26.2 Å². The van der Waals surface area contributed by atoms with Crippen molar-refractivity contribution < 1.29 is 17.9 Å². The number of halogens is 4. The van der Waals surface area contributed by atoms with Gasteiger partial charge in [0.1, 0.15) is 12.1 Å². The van der Waals surface area contributed by atoms with E-state index in [2.05, 4.69) is 53.0 Å². The Balaban J connectivity index is 0.000000267. The summed E-state index contributed by atoms with van der Waals surface area (Å²) in [7, 11) is 0. The average molecular weight is 590 g/mol. The molecule has 3 N–H and O–H groups in total. The number of rotatable bonds is 8. The minimum absolute atomic E-state index is 0.258. The van der Waals surface area contributed by atoms with Gasteiger partial charge in [-0.25, -0.2) is 9.67 Å². The molecule has 0 aliphatic rings. The van der Waals surface area contributed by atoms with Gasteiger partial charge in [-0.3, -0.25) is 0 Å². The Bertz CT molecular complexity index is 1410. The molecule has 3 aromatic carbocycles. The number of anilines is 1. The van der Waals surface area contributed by atoms with E-state index in [1.165, 1.54) is 40.8 Å². The van der Waals surface area contributed by atoms with Gasteiger partial charge in [-0.2, -0.15) is 0 Å². The van der Waals surface area contributed by atoms with Crippen LogP contribution in [0.1, 0.15) is 50.7 Å². The minimum Gasteiger partial charge on any atom is -0.406 e. The number of benzene rings is 3. The average Bonchev–Trinajstić information content (AvgIpc) is 3.37. The maximum absolute atomic E-state index is 12.2. The standard InChI is InChI=1S/C19H18F3N3O.C10H13ClN2S/c1-2-3-5-14-6-4-7-15(12-14)18-23-13-25(24-18)16-8-10-17(11-9-16)26-19(20,21)22;1-6(2)8-4-3-7(11)5-9(8)13-10(12)14/h4,6-13H,2-3,5H2,1H3;3-6H,1-2H3,(H3,12,13,14). The van der Waals surface area contributed by atoms with Crippen LogP contribution in [0.5, 0.6) is 5.75 Å². The van der Waals surface area contributed by atoms with E-state index in [1.54, 1.807) is 0 Å². The summed E-state index contributed by atoms with van der Waals surface area (Å²) >= 11 is 10.7. The summed E-state index contributed by atoms with van der Waals surface area (Å²) in [6.07, 6.45) is 0.0902. The summed E-state index contributed by atoms with van der Waals surface area (Å²) in [6.45, 7) is 6.36. The number of nitrogens with two attached hydrogens (primary N) is 1. The second-order valence-corrected chi connectivity index (χ2v) is 10.1. The number of aromatic nitrogens is 3. The number of nitrogens with zero attached hydrogens (tertiary/aromatic N) is 3. The molecule has 0 saturated carbocycles. The van der Waals surface area contributed by atoms with Crippen LogP contribution in [0.25, 0.3) is 17.1 Å². The van der Waals surface area contributed by atoms with Crippen molar-refractivity contribution in [3.63, 3.8) is 0 Å². The molecule has 1 heterocycles. The highest BCUT2D eigenvalue weighted by atomic mass is 35.5. The Kier molecular flexibility index (Phi) is 10.9. The van der Waals surface area contributed by atoms with E-state index in [-0.39, 0.29) is 10.9 Å². The van der Waals surface area contributed by atoms with Crippen molar-refractivity contribution in [3.8, 4) is 22.8 Å². The highest BCUT2D eigenvalue weighted by molar-refractivity contribution is 7.80. The minimum atomic E-state index is -4.70. The molecule has 40 heavy (non-hydrogen) atoms. The lowest BCUT2D eigenvalue weighted by atomic mass is 10.0. The molecule has 4 rings (SSSR count). The highest BCUT2D eigenvalue weighted by Crippen LogP contribution is 2.27. The Morgan fingerprint density at radius 2 is 1.82 bits per heavy atom. The van der Waals surface area contributed by atoms with Gasteiger partial charge >= 0.3 is 6.36 Å². The number of hydrogen-bond donors (Lipinski definition) is 2. The van der Waals surface area contributed by atoms with E-state index in [4.69, 9.17) is 29.6 Å². The number of aryl methyl sites for hydroxylation is 1. The molecule has 0 bridgehead atoms. The second-order valence-electron chi connectivity index (χ2n) is 9.23. The molecule has 0 amide bonds. The molecule has 4 aromatic rings. The van der Waals surface area contributed by atoms with Crippen LogP contribution in [0.15, 0.2) is 73.1 Å². The van der Waals surface area contributed by atoms with Crippen molar-refractivity contribution in [2.24, 2.45) is 5.73 Å². The Morgan fingerprint density at radius 1 is 1.10 bits per heavy atom. The normalized spacial score (nSPS) is 11.1. The van der Waals surface area contributed by atoms with Crippen LogP contribution in [0, 0.1) is 0 Å². The lowest BCUT2D eigenvalue weighted by molar-refractivity contribution is -0.274. The Hall–Kier alpha value is -3.63. The molecule has 0 atom stereocenters. The first-order chi connectivity index (χ1) is 18.9. The summed E-state index contributed by atoms with van der Waals surface area (Å²) in [6, 6.07) is 19.2. The maximum atomic E-state index is 12.2. The molecular formula is C29H31ClF3N5OS. The number of hydrogen-bond acceptors (Lipinski definition) is 4. The van der Waals surface area contributed by atoms with Gasteiger partial charge in [0.2, 0.25) is 0 Å². The molecule has 212 valence electrons. The van der Waals surface area contributed by atoms with Crippen molar-refractivity contribution >= 4 is 34.6 Å². The third kappa shape index (κ3) is 9.53. The van der Waals surface area contributed by atoms with Gasteiger partial charge in [-0.05, 0) is 84.6 Å². The molecule has 1 aromatic heterocycles. The van der Waals surface area contributed by atoms with E-state index >= 15 is 0 Å². The van der Waals surface area contributed by atoms with Crippen LogP contribution >= 0.6 is 23.8 Å². The van der Waals surface area contributed by atoms with Crippen LogP contribution in [0.4, 0.5) is 18.9 Å². The van der Waals surface area contributed by atoms with Gasteiger partial charge in [0.05, 0.1) is 5.69 Å². The third-order valence-corrected chi connectivity index (χ3v) is 6.06. The lowest BCUT2D eigenvalue weighted by Gasteiger charge is -2.13. The van der Waals surface area contributed by atoms with Crippen LogP contribution < -0.4 is 15.8 Å². The third-order valence-electron chi connectivity index (χ3n) is 5.73. The summed E-state index contributed by atoms with van der Waals surface area (Å²) in [5, 5.41) is 8.27. The van der Waals surface area contributed by atoms with Gasteiger partial charge in [-0.1, -0.05) is 63.1 Å². The number of nitrogens with one attached hydrogen (secondary N) is 1. The quantitative estimate of drug-likeness (QED) is 0.201. The molecule has 0 aliphatic carbocycles. The molecule has 0 fully saturated rings. The molecule has 0 radical (unpaired) electrons. The topological polar surface area (TPSA) is 78.0 Å². The molecule has 0 spiro atoms. The summed E-state index contributed by atoms with van der Waals surface area (Å²) in [5.41, 5.74) is 10.2. The van der Waals surface area contributed by atoms with Crippen molar-refractivity contribution in [2.75, 3.05) is 5.32 Å². The zero-order chi connectivity index (χ0) is 29.3. The van der Waals surface area contributed by atoms with Gasteiger partial charge in [0.15, 0.2) is 10.9 Å². The fraction of sp³-hybridized carbons (Fsp3) is 0.276. The first-order valence-electron chi connectivity index (χ1n) is 12.7. The molecular weight excluding hydrogens is 559 g/mol. The summed E-state index contributed by atoms with van der Waals surface area (Å²) < 4.78 is 42.0. The largest absolute Gasteiger partial charge is 0.573 e. The van der Waals surface area contributed by atoms with Crippen molar-refractivity contribution in [1.82, 2.24) is 14.8 Å². The van der Waals surface area contributed by atoms with E-state index in [1.807, 2.05) is 30.3 Å². The summed E-state index contributed by atoms with van der Waals surface area (Å²) in [5.74, 6) is 0.702. The van der Waals surface area contributed by atoms with Crippen molar-refractivity contribution in [1.29, 1.82) is 0 Å². The van der Waals surface area contributed by atoms with Gasteiger partial charge in [0, 0.05) is 16.3 Å². The predicted octanol–water partition coefficient (Wildman–Crippen LogP) is 8.29. The number of ether oxygens (including phenoxy) is 1. The Morgan fingerprint density at radius 3 is 2.45 bits per heavy atom. The number of thiocarbonyl (C=S) groups is 1.